The molecule has 3 rings (SSSR count). The van der Waals surface area contributed by atoms with Gasteiger partial charge in [0.1, 0.15) is 0 Å². The lowest BCUT2D eigenvalue weighted by molar-refractivity contribution is -0.135. The fourth-order valence-electron chi connectivity index (χ4n) is 3.70. The van der Waals surface area contributed by atoms with E-state index in [4.69, 9.17) is 9.47 Å². The van der Waals surface area contributed by atoms with Gasteiger partial charge in [-0.15, -0.1) is 0 Å². The lowest BCUT2D eigenvalue weighted by Gasteiger charge is -2.34. The third-order valence-corrected chi connectivity index (χ3v) is 6.96. The molecule has 0 bridgehead atoms. The van der Waals surface area contributed by atoms with Gasteiger partial charge in [-0.3, -0.25) is 4.79 Å². The number of ether oxygens (including phenoxy) is 2. The van der Waals surface area contributed by atoms with Crippen molar-refractivity contribution in [3.8, 4) is 0 Å². The first-order valence-electron chi connectivity index (χ1n) is 9.98. The Kier molecular flexibility index (Phi) is 6.92. The van der Waals surface area contributed by atoms with Crippen LogP contribution in [0.2, 0.25) is 0 Å². The van der Waals surface area contributed by atoms with Crippen molar-refractivity contribution in [2.24, 2.45) is 0 Å². The van der Waals surface area contributed by atoms with E-state index in [1.807, 2.05) is 13.8 Å². The molecular formula is C20H28N2O6S. The van der Waals surface area contributed by atoms with Gasteiger partial charge >= 0.3 is 5.97 Å². The Labute approximate surface area is 171 Å². The molecule has 1 aromatic carbocycles. The molecule has 2 atom stereocenters. The summed E-state index contributed by atoms with van der Waals surface area (Å²) in [6.45, 7) is 5.18. The number of hydrogen-bond donors (Lipinski definition) is 0. The number of likely N-dealkylation sites (tertiary alicyclic amines) is 1. The van der Waals surface area contributed by atoms with Crippen molar-refractivity contribution in [3.05, 3.63) is 29.8 Å². The van der Waals surface area contributed by atoms with E-state index >= 15 is 0 Å². The first-order chi connectivity index (χ1) is 13.8. The molecular weight excluding hydrogens is 396 g/mol. The van der Waals surface area contributed by atoms with Crippen molar-refractivity contribution in [3.63, 3.8) is 0 Å². The van der Waals surface area contributed by atoms with Crippen LogP contribution in [-0.2, 0) is 24.3 Å². The standard InChI is InChI=1S/C20H28N2O6S/c1-15-12-22(13-16(2)28-15)29(25,26)18-8-6-7-17(11-18)20(24)27-14-19(23)21-9-4-3-5-10-21/h6-8,11,15-16H,3-5,9-10,12-14H2,1-2H3/t15-,16+. The molecule has 9 heteroatoms. The summed E-state index contributed by atoms with van der Waals surface area (Å²) in [5, 5.41) is 0. The summed E-state index contributed by atoms with van der Waals surface area (Å²) >= 11 is 0. The first kappa shape index (κ1) is 21.7. The number of carbonyl (C=O) groups excluding carboxylic acids is 2. The van der Waals surface area contributed by atoms with E-state index < -0.39 is 16.0 Å². The van der Waals surface area contributed by atoms with E-state index in [0.29, 0.717) is 13.1 Å². The van der Waals surface area contributed by atoms with E-state index in [2.05, 4.69) is 0 Å². The summed E-state index contributed by atoms with van der Waals surface area (Å²) in [5.41, 5.74) is 0.104. The normalized spacial score (nSPS) is 23.6. The fraction of sp³-hybridized carbons (Fsp3) is 0.600. The minimum absolute atomic E-state index is 0.0237. The summed E-state index contributed by atoms with van der Waals surface area (Å²) in [6, 6.07) is 5.74. The summed E-state index contributed by atoms with van der Waals surface area (Å²) in [7, 11) is -3.76. The van der Waals surface area contributed by atoms with Crippen molar-refractivity contribution in [1.82, 2.24) is 9.21 Å². The van der Waals surface area contributed by atoms with E-state index in [1.54, 1.807) is 4.90 Å². The Morgan fingerprint density at radius 3 is 2.41 bits per heavy atom. The maximum atomic E-state index is 13.0. The minimum Gasteiger partial charge on any atom is -0.452 e. The molecule has 0 aliphatic carbocycles. The van der Waals surface area contributed by atoms with E-state index in [9.17, 15) is 18.0 Å². The third kappa shape index (κ3) is 5.34. The maximum Gasteiger partial charge on any atom is 0.338 e. The largest absolute Gasteiger partial charge is 0.452 e. The highest BCUT2D eigenvalue weighted by Crippen LogP contribution is 2.22. The quantitative estimate of drug-likeness (QED) is 0.668. The van der Waals surface area contributed by atoms with Gasteiger partial charge in [-0.25, -0.2) is 13.2 Å². The summed E-state index contributed by atoms with van der Waals surface area (Å²) in [6.07, 6.45) is 2.60. The molecule has 2 aliphatic heterocycles. The molecule has 0 unspecified atom stereocenters. The van der Waals surface area contributed by atoms with Crippen molar-refractivity contribution in [1.29, 1.82) is 0 Å². The van der Waals surface area contributed by atoms with Crippen LogP contribution in [0.4, 0.5) is 0 Å². The van der Waals surface area contributed by atoms with Crippen LogP contribution in [0.3, 0.4) is 0 Å². The van der Waals surface area contributed by atoms with Gasteiger partial charge in [0.05, 0.1) is 22.7 Å². The average molecular weight is 425 g/mol. The lowest BCUT2D eigenvalue weighted by atomic mass is 10.1. The molecule has 2 heterocycles. The fourth-order valence-corrected chi connectivity index (χ4v) is 5.34. The zero-order valence-corrected chi connectivity index (χ0v) is 17.7. The van der Waals surface area contributed by atoms with Crippen LogP contribution >= 0.6 is 0 Å². The number of sulfonamides is 1. The highest BCUT2D eigenvalue weighted by molar-refractivity contribution is 7.89. The number of amides is 1. The summed E-state index contributed by atoms with van der Waals surface area (Å²) < 4.78 is 38.1. The summed E-state index contributed by atoms with van der Waals surface area (Å²) in [5.74, 6) is -0.936. The predicted molar refractivity (Wildman–Crippen MR) is 106 cm³/mol. The Hall–Kier alpha value is -1.97. The average Bonchev–Trinajstić information content (AvgIpc) is 2.71. The number of rotatable bonds is 5. The zero-order valence-electron chi connectivity index (χ0n) is 16.9. The van der Waals surface area contributed by atoms with Crippen molar-refractivity contribution in [2.75, 3.05) is 32.8 Å². The van der Waals surface area contributed by atoms with Crippen LogP contribution < -0.4 is 0 Å². The van der Waals surface area contributed by atoms with E-state index in [0.717, 1.165) is 19.3 Å². The predicted octanol–water partition coefficient (Wildman–Crippen LogP) is 1.65. The second-order valence-electron chi connectivity index (χ2n) is 7.62. The molecule has 0 aromatic heterocycles. The van der Waals surface area contributed by atoms with Crippen LogP contribution in [0.15, 0.2) is 29.2 Å². The van der Waals surface area contributed by atoms with Gasteiger partial charge in [-0.1, -0.05) is 6.07 Å². The highest BCUT2D eigenvalue weighted by Gasteiger charge is 2.32. The zero-order chi connectivity index (χ0) is 21.0. The van der Waals surface area contributed by atoms with Gasteiger partial charge in [0.15, 0.2) is 6.61 Å². The Morgan fingerprint density at radius 1 is 1.10 bits per heavy atom. The highest BCUT2D eigenvalue weighted by atomic mass is 32.2. The Morgan fingerprint density at radius 2 is 1.76 bits per heavy atom. The number of benzene rings is 1. The van der Waals surface area contributed by atoms with Gasteiger partial charge in [0.25, 0.3) is 5.91 Å². The topological polar surface area (TPSA) is 93.2 Å². The molecule has 0 radical (unpaired) electrons. The molecule has 2 fully saturated rings. The number of morpholine rings is 1. The maximum absolute atomic E-state index is 13.0. The number of nitrogens with zero attached hydrogens (tertiary/aromatic N) is 2. The summed E-state index contributed by atoms with van der Waals surface area (Å²) in [4.78, 5) is 26.2. The number of hydrogen-bond acceptors (Lipinski definition) is 6. The molecule has 29 heavy (non-hydrogen) atoms. The number of piperidine rings is 1. The molecule has 0 saturated carbocycles. The van der Waals surface area contributed by atoms with Gasteiger partial charge in [0.2, 0.25) is 10.0 Å². The van der Waals surface area contributed by atoms with Gasteiger partial charge in [0, 0.05) is 26.2 Å². The number of esters is 1. The smallest absolute Gasteiger partial charge is 0.338 e. The molecule has 1 amide bonds. The Bertz CT molecular complexity index is 840. The molecule has 0 spiro atoms. The number of carbonyl (C=O) groups is 2. The van der Waals surface area contributed by atoms with Crippen molar-refractivity contribution in [2.45, 2.75) is 50.2 Å². The second kappa shape index (κ2) is 9.23. The van der Waals surface area contributed by atoms with Crippen LogP contribution in [0, 0.1) is 0 Å². The van der Waals surface area contributed by atoms with Crippen molar-refractivity contribution >= 4 is 21.9 Å². The molecule has 1 aromatic rings. The van der Waals surface area contributed by atoms with Gasteiger partial charge in [-0.2, -0.15) is 4.31 Å². The molecule has 2 aliphatic rings. The van der Waals surface area contributed by atoms with Crippen molar-refractivity contribution < 1.29 is 27.5 Å². The minimum atomic E-state index is -3.76. The molecule has 0 N–H and O–H groups in total. The van der Waals surface area contributed by atoms with E-state index in [1.165, 1.54) is 28.6 Å². The van der Waals surface area contributed by atoms with Crippen LogP contribution in [0.25, 0.3) is 0 Å². The van der Waals surface area contributed by atoms with Crippen LogP contribution in [0.5, 0.6) is 0 Å². The monoisotopic (exact) mass is 424 g/mol. The first-order valence-corrected chi connectivity index (χ1v) is 11.4. The second-order valence-corrected chi connectivity index (χ2v) is 9.56. The van der Waals surface area contributed by atoms with Crippen LogP contribution in [0.1, 0.15) is 43.5 Å². The molecule has 2 saturated heterocycles. The SMILES string of the molecule is C[C@@H]1CN(S(=O)(=O)c2cccc(C(=O)OCC(=O)N3CCCCC3)c2)C[C@H](C)O1. The van der Waals surface area contributed by atoms with Crippen LogP contribution in [-0.4, -0.2) is 74.5 Å². The third-order valence-electron chi connectivity index (χ3n) is 5.13. The lowest BCUT2D eigenvalue weighted by Crippen LogP contribution is -2.48. The molecule has 8 nitrogen and oxygen atoms in total. The molecule has 160 valence electrons. The van der Waals surface area contributed by atoms with Gasteiger partial charge < -0.3 is 14.4 Å². The van der Waals surface area contributed by atoms with E-state index in [-0.39, 0.29) is 48.3 Å². The van der Waals surface area contributed by atoms with Gasteiger partial charge in [-0.05, 0) is 51.3 Å². The Balaban J connectivity index is 1.66.